The number of aliphatic hydroxyl groups is 2. The first-order valence-corrected chi connectivity index (χ1v) is 14.4. The van der Waals surface area contributed by atoms with E-state index in [9.17, 15) is 42.0 Å². The van der Waals surface area contributed by atoms with Crippen molar-refractivity contribution in [3.63, 3.8) is 0 Å². The van der Waals surface area contributed by atoms with Crippen molar-refractivity contribution in [3.8, 4) is 11.5 Å². The molecule has 16 nitrogen and oxygen atoms in total. The Kier molecular flexibility index (Phi) is 8.53. The van der Waals surface area contributed by atoms with Gasteiger partial charge in [-0.3, -0.25) is 4.52 Å². The SMILES string of the molecule is Cc1nc2cc([C@@H]3O[C@H](COP(=O)(O)OP(=O)(O)OP(=O)(O)O)C(O)[C@@H]3O)c(=S)nc-2[nH]c1C(F)(F)F. The number of fused-ring (bicyclic) bond motifs is 1. The van der Waals surface area contributed by atoms with Gasteiger partial charge in [-0.2, -0.15) is 21.8 Å². The molecule has 0 bridgehead atoms. The highest BCUT2D eigenvalue weighted by Gasteiger charge is 2.47. The van der Waals surface area contributed by atoms with E-state index in [4.69, 9.17) is 31.6 Å². The van der Waals surface area contributed by atoms with E-state index >= 15 is 0 Å². The summed E-state index contributed by atoms with van der Waals surface area (Å²) in [5, 5.41) is 20.6. The number of halogens is 3. The number of H-pyrrole nitrogens is 1. The molecule has 0 aromatic carbocycles. The Morgan fingerprint density at radius 2 is 1.70 bits per heavy atom. The number of aryl methyl sites for hydroxylation is 1. The Morgan fingerprint density at radius 1 is 1.08 bits per heavy atom. The fraction of sp³-hybridized carbons (Fsp3) is 0.500. The lowest BCUT2D eigenvalue weighted by Gasteiger charge is -2.19. The lowest BCUT2D eigenvalue weighted by atomic mass is 10.0. The molecule has 3 aliphatic rings. The highest BCUT2D eigenvalue weighted by atomic mass is 32.1. The van der Waals surface area contributed by atoms with Crippen molar-refractivity contribution in [3.05, 3.63) is 27.7 Å². The van der Waals surface area contributed by atoms with Crippen molar-refractivity contribution in [2.75, 3.05) is 6.61 Å². The lowest BCUT2D eigenvalue weighted by molar-refractivity contribution is -0.141. The number of nitrogens with one attached hydrogen (secondary N) is 1. The standard InChI is InChI=1S/C14H17F3N3O13P3S/c1-4-11(14(15,16)17)19-12-6(18-4)2-5(13(37)20-12)10-9(22)8(21)7(31-10)3-30-35(26,27)33-36(28,29)32-34(23,24)25/h2,7-10,21-22H,3H2,1H3,(H,26,27)(H,28,29)(H,19,20,37)(H2,23,24,25)/t7-,8?,9+,10+/m1/s1. The highest BCUT2D eigenvalue weighted by molar-refractivity contribution is 7.71. The zero-order chi connectivity index (χ0) is 28.1. The molecule has 6 atom stereocenters. The number of phosphoric ester groups is 1. The third-order valence-electron chi connectivity index (χ3n) is 4.66. The molecule has 0 aliphatic carbocycles. The molecule has 0 spiro atoms. The molecule has 3 rings (SSSR count). The number of hydrogen-bond donors (Lipinski definition) is 7. The molecular weight excluding hydrogens is 600 g/mol. The molecule has 0 radical (unpaired) electrons. The predicted molar refractivity (Wildman–Crippen MR) is 113 cm³/mol. The predicted octanol–water partition coefficient (Wildman–Crippen LogP) is 1.47. The summed E-state index contributed by atoms with van der Waals surface area (Å²) in [6.07, 6.45) is -11.4. The zero-order valence-electron chi connectivity index (χ0n) is 17.9. The fourth-order valence-electron chi connectivity index (χ4n) is 3.22. The second-order valence-electron chi connectivity index (χ2n) is 7.41. The van der Waals surface area contributed by atoms with E-state index in [0.29, 0.717) is 0 Å². The second kappa shape index (κ2) is 10.4. The van der Waals surface area contributed by atoms with E-state index in [2.05, 4.69) is 28.1 Å². The molecule has 1 fully saturated rings. The number of nitrogens with zero attached hydrogens (tertiary/aromatic N) is 2. The zero-order valence-corrected chi connectivity index (χ0v) is 21.4. The van der Waals surface area contributed by atoms with Gasteiger partial charge in [-0.25, -0.2) is 23.7 Å². The molecule has 3 unspecified atom stereocenters. The summed E-state index contributed by atoms with van der Waals surface area (Å²) >= 11 is 5.06. The smallest absolute Gasteiger partial charge is 0.387 e. The summed E-state index contributed by atoms with van der Waals surface area (Å²) in [6, 6.07) is 1.15. The first kappa shape index (κ1) is 30.3. The molecule has 0 aromatic heterocycles. The maximum Gasteiger partial charge on any atom is 0.490 e. The van der Waals surface area contributed by atoms with E-state index in [1.54, 1.807) is 0 Å². The number of hydrogen-bond acceptors (Lipinski definition) is 12. The minimum atomic E-state index is -5.79. The first-order chi connectivity index (χ1) is 16.7. The summed E-state index contributed by atoms with van der Waals surface area (Å²) in [7, 11) is -17.0. The number of aromatic amines is 1. The highest BCUT2D eigenvalue weighted by Crippen LogP contribution is 2.66. The molecule has 7 N–H and O–H groups in total. The number of aliphatic hydroxyl groups excluding tert-OH is 2. The van der Waals surface area contributed by atoms with Gasteiger partial charge in [0.15, 0.2) is 5.82 Å². The van der Waals surface area contributed by atoms with Crippen molar-refractivity contribution in [1.29, 1.82) is 0 Å². The van der Waals surface area contributed by atoms with E-state index in [1.165, 1.54) is 0 Å². The number of phosphoric acid groups is 3. The van der Waals surface area contributed by atoms with Gasteiger partial charge in [-0.05, 0) is 13.0 Å². The van der Waals surface area contributed by atoms with Gasteiger partial charge in [0.25, 0.3) is 0 Å². The number of pyridine rings is 1. The van der Waals surface area contributed by atoms with Crippen LogP contribution in [0.15, 0.2) is 6.07 Å². The van der Waals surface area contributed by atoms with Gasteiger partial charge in [0.05, 0.1) is 12.3 Å². The van der Waals surface area contributed by atoms with Crippen LogP contribution in [0.25, 0.3) is 11.5 Å². The van der Waals surface area contributed by atoms with Gasteiger partial charge in [0.1, 0.15) is 40.4 Å². The molecule has 0 saturated carbocycles. The third kappa shape index (κ3) is 7.46. The minimum Gasteiger partial charge on any atom is -0.387 e. The molecular formula is C14H17F3N3O13P3S. The Hall–Kier alpha value is -1.21. The van der Waals surface area contributed by atoms with E-state index < -0.39 is 72.1 Å². The third-order valence-corrected chi connectivity index (χ3v) is 8.79. The average molecular weight is 617 g/mol. The van der Waals surface area contributed by atoms with E-state index in [0.717, 1.165) is 13.0 Å². The van der Waals surface area contributed by atoms with Crippen molar-refractivity contribution in [1.82, 2.24) is 15.0 Å². The van der Waals surface area contributed by atoms with Crippen molar-refractivity contribution in [2.24, 2.45) is 0 Å². The summed E-state index contributed by atoms with van der Waals surface area (Å²) in [5.74, 6) is -0.330. The van der Waals surface area contributed by atoms with Gasteiger partial charge in [0.2, 0.25) is 0 Å². The molecule has 0 aromatic rings. The number of aromatic nitrogens is 3. The van der Waals surface area contributed by atoms with Crippen LogP contribution in [0.2, 0.25) is 0 Å². The van der Waals surface area contributed by atoms with Gasteiger partial charge in [-0.15, -0.1) is 0 Å². The Morgan fingerprint density at radius 3 is 2.27 bits per heavy atom. The normalized spacial score (nSPS) is 26.2. The van der Waals surface area contributed by atoms with Crippen LogP contribution in [-0.2, 0) is 37.8 Å². The van der Waals surface area contributed by atoms with Gasteiger partial charge in [-0.1, -0.05) is 12.2 Å². The number of alkyl halides is 3. The van der Waals surface area contributed by atoms with Crippen LogP contribution in [0.1, 0.15) is 23.1 Å². The van der Waals surface area contributed by atoms with Crippen molar-refractivity contribution in [2.45, 2.75) is 37.5 Å². The summed E-state index contributed by atoms with van der Waals surface area (Å²) in [6.45, 7) is 0.00972. The molecule has 23 heteroatoms. The molecule has 37 heavy (non-hydrogen) atoms. The maximum absolute atomic E-state index is 13.1. The van der Waals surface area contributed by atoms with Crippen LogP contribution in [0.3, 0.4) is 0 Å². The van der Waals surface area contributed by atoms with Crippen molar-refractivity contribution >= 4 is 35.7 Å². The van der Waals surface area contributed by atoms with Gasteiger partial charge < -0.3 is 39.5 Å². The summed E-state index contributed by atoms with van der Waals surface area (Å²) in [4.78, 5) is 45.5. The van der Waals surface area contributed by atoms with E-state index in [-0.39, 0.29) is 21.7 Å². The van der Waals surface area contributed by atoms with Crippen LogP contribution in [0.5, 0.6) is 0 Å². The van der Waals surface area contributed by atoms with Crippen LogP contribution in [-0.4, -0.2) is 69.7 Å². The Balaban J connectivity index is 1.79. The summed E-state index contributed by atoms with van der Waals surface area (Å²) in [5.41, 5.74) is -1.77. The first-order valence-electron chi connectivity index (χ1n) is 9.48. The minimum absolute atomic E-state index is 0.0880. The molecule has 3 heterocycles. The Bertz CT molecular complexity index is 1350. The molecule has 3 aliphatic heterocycles. The lowest BCUT2D eigenvalue weighted by Crippen LogP contribution is -2.33. The maximum atomic E-state index is 13.1. The fourth-order valence-corrected chi connectivity index (χ4v) is 6.51. The molecule has 208 valence electrons. The number of ether oxygens (including phenoxy) is 1. The van der Waals surface area contributed by atoms with Crippen LogP contribution in [0, 0.1) is 11.6 Å². The van der Waals surface area contributed by atoms with Crippen LogP contribution < -0.4 is 0 Å². The quantitative estimate of drug-likeness (QED) is 0.164. The van der Waals surface area contributed by atoms with Gasteiger partial charge >= 0.3 is 29.6 Å². The van der Waals surface area contributed by atoms with E-state index in [1.807, 2.05) is 0 Å². The largest absolute Gasteiger partial charge is 0.490 e. The van der Waals surface area contributed by atoms with Crippen LogP contribution in [0.4, 0.5) is 13.2 Å². The second-order valence-corrected chi connectivity index (χ2v) is 12.2. The average Bonchev–Trinajstić information content (AvgIpc) is 2.96. The Labute approximate surface area is 208 Å². The monoisotopic (exact) mass is 617 g/mol. The topological polar surface area (TPSA) is 251 Å². The van der Waals surface area contributed by atoms with Gasteiger partial charge in [0, 0.05) is 5.56 Å². The molecule has 0 amide bonds. The number of rotatable bonds is 8. The summed E-state index contributed by atoms with van der Waals surface area (Å²) < 4.78 is 89.8. The van der Waals surface area contributed by atoms with Crippen molar-refractivity contribution < 1.29 is 74.5 Å². The molecule has 1 saturated heterocycles. The van der Waals surface area contributed by atoms with Crippen LogP contribution >= 0.6 is 35.7 Å².